The van der Waals surface area contributed by atoms with Gasteiger partial charge in [0, 0.05) is 12.1 Å². The first-order valence-corrected chi connectivity index (χ1v) is 10.5. The van der Waals surface area contributed by atoms with E-state index in [4.69, 9.17) is 9.15 Å². The fourth-order valence-corrected chi connectivity index (χ4v) is 3.92. The Bertz CT molecular complexity index is 1090. The molecule has 7 heteroatoms. The van der Waals surface area contributed by atoms with Gasteiger partial charge in [-0.25, -0.2) is 0 Å². The molecule has 2 aromatic heterocycles. The molecule has 0 radical (unpaired) electrons. The van der Waals surface area contributed by atoms with E-state index >= 15 is 0 Å². The highest BCUT2D eigenvalue weighted by Crippen LogP contribution is 2.25. The fraction of sp³-hybridized carbons (Fsp3) is 0.174. The maximum Gasteiger partial charge on any atom is 0.200 e. The van der Waals surface area contributed by atoms with E-state index in [0.717, 1.165) is 12.2 Å². The average molecular weight is 420 g/mol. The molecule has 4 rings (SSSR count). The van der Waals surface area contributed by atoms with Crippen LogP contribution < -0.4 is 4.74 Å². The van der Waals surface area contributed by atoms with Gasteiger partial charge in [0.2, 0.25) is 0 Å². The number of aryl methyl sites for hydroxylation is 1. The summed E-state index contributed by atoms with van der Waals surface area (Å²) < 4.78 is 12.7. The molecule has 2 aromatic carbocycles. The topological polar surface area (TPSA) is 70.2 Å². The van der Waals surface area contributed by atoms with E-state index in [1.807, 2.05) is 34.9 Å². The van der Waals surface area contributed by atoms with Gasteiger partial charge in [0.15, 0.2) is 22.5 Å². The highest BCUT2D eigenvalue weighted by atomic mass is 32.2. The van der Waals surface area contributed by atoms with Crippen molar-refractivity contribution < 1.29 is 13.9 Å². The van der Waals surface area contributed by atoms with Gasteiger partial charge >= 0.3 is 0 Å². The van der Waals surface area contributed by atoms with Crippen LogP contribution in [0.2, 0.25) is 0 Å². The molecule has 0 N–H and O–H groups in total. The number of hydrogen-bond acceptors (Lipinski definition) is 6. The van der Waals surface area contributed by atoms with Crippen molar-refractivity contribution in [3.05, 3.63) is 84.1 Å². The maximum atomic E-state index is 12.6. The molecule has 6 nitrogen and oxygen atoms in total. The lowest BCUT2D eigenvalue weighted by Gasteiger charge is -2.09. The molecule has 4 aromatic rings. The minimum absolute atomic E-state index is 0.0276. The minimum Gasteiger partial charge on any atom is -0.497 e. The smallest absolute Gasteiger partial charge is 0.200 e. The van der Waals surface area contributed by atoms with E-state index < -0.39 is 0 Å². The number of nitrogens with zero attached hydrogens (tertiary/aromatic N) is 3. The third-order valence-electron chi connectivity index (χ3n) is 4.67. The highest BCUT2D eigenvalue weighted by Gasteiger charge is 2.18. The largest absolute Gasteiger partial charge is 0.497 e. The van der Waals surface area contributed by atoms with E-state index in [1.54, 1.807) is 37.6 Å². The second-order valence-corrected chi connectivity index (χ2v) is 7.55. The van der Waals surface area contributed by atoms with Gasteiger partial charge in [-0.1, -0.05) is 42.1 Å². The van der Waals surface area contributed by atoms with Crippen molar-refractivity contribution >= 4 is 17.5 Å². The normalized spacial score (nSPS) is 10.8. The Balaban J connectivity index is 1.51. The zero-order chi connectivity index (χ0) is 20.8. The van der Waals surface area contributed by atoms with Gasteiger partial charge in [-0.3, -0.25) is 9.36 Å². The van der Waals surface area contributed by atoms with Gasteiger partial charge in [0.05, 0.1) is 19.1 Å². The predicted octanol–water partition coefficient (Wildman–Crippen LogP) is 4.76. The molecular formula is C23H21N3O3S. The van der Waals surface area contributed by atoms with Gasteiger partial charge in [-0.2, -0.15) is 0 Å². The minimum atomic E-state index is 0.0276. The molecule has 0 aliphatic rings. The Morgan fingerprint density at radius 2 is 1.83 bits per heavy atom. The Hall–Kier alpha value is -3.32. The van der Waals surface area contributed by atoms with Gasteiger partial charge in [-0.05, 0) is 48.4 Å². The lowest BCUT2D eigenvalue weighted by Crippen LogP contribution is -2.07. The van der Waals surface area contributed by atoms with Crippen molar-refractivity contribution in [3.8, 4) is 17.3 Å². The number of ketones is 1. The van der Waals surface area contributed by atoms with E-state index in [1.165, 1.54) is 17.3 Å². The van der Waals surface area contributed by atoms with Crippen LogP contribution in [0.5, 0.6) is 5.75 Å². The molecule has 0 bridgehead atoms. The Kier molecular flexibility index (Phi) is 6.29. The molecule has 2 heterocycles. The van der Waals surface area contributed by atoms with Crippen molar-refractivity contribution in [2.75, 3.05) is 12.9 Å². The fourth-order valence-electron chi connectivity index (χ4n) is 3.06. The lowest BCUT2D eigenvalue weighted by molar-refractivity contribution is 0.102. The molecule has 0 unspecified atom stereocenters. The Morgan fingerprint density at radius 1 is 1.03 bits per heavy atom. The van der Waals surface area contributed by atoms with Crippen molar-refractivity contribution in [1.82, 2.24) is 14.8 Å². The number of Topliss-reactive ketones (excluding diaryl/α,β-unsaturated/α-hetero) is 1. The summed E-state index contributed by atoms with van der Waals surface area (Å²) in [5.74, 6) is 2.34. The van der Waals surface area contributed by atoms with E-state index in [-0.39, 0.29) is 11.5 Å². The van der Waals surface area contributed by atoms with E-state index in [9.17, 15) is 4.79 Å². The number of methoxy groups -OCH3 is 1. The number of furan rings is 1. The van der Waals surface area contributed by atoms with Crippen LogP contribution in [0.15, 0.2) is 82.6 Å². The Morgan fingerprint density at radius 3 is 2.53 bits per heavy atom. The Labute approximate surface area is 178 Å². The molecule has 0 saturated carbocycles. The second kappa shape index (κ2) is 9.45. The SMILES string of the molecule is COc1ccc(C(=O)CSc2nnc(-c3ccco3)n2CCc2ccccc2)cc1. The van der Waals surface area contributed by atoms with Crippen LogP contribution in [0.3, 0.4) is 0 Å². The van der Waals surface area contributed by atoms with Gasteiger partial charge < -0.3 is 9.15 Å². The number of ether oxygens (including phenoxy) is 1. The molecule has 0 atom stereocenters. The molecule has 0 aliphatic heterocycles. The van der Waals surface area contributed by atoms with Crippen LogP contribution in [0, 0.1) is 0 Å². The number of hydrogen-bond donors (Lipinski definition) is 0. The second-order valence-electron chi connectivity index (χ2n) is 6.61. The zero-order valence-electron chi connectivity index (χ0n) is 16.5. The summed E-state index contributed by atoms with van der Waals surface area (Å²) in [6, 6.07) is 21.1. The first-order valence-electron chi connectivity index (χ1n) is 9.55. The van der Waals surface area contributed by atoms with Crippen LogP contribution in [0.4, 0.5) is 0 Å². The number of rotatable bonds is 9. The van der Waals surface area contributed by atoms with Crippen LogP contribution in [-0.4, -0.2) is 33.4 Å². The zero-order valence-corrected chi connectivity index (χ0v) is 17.3. The summed E-state index contributed by atoms with van der Waals surface area (Å²) in [7, 11) is 1.60. The monoisotopic (exact) mass is 419 g/mol. The molecule has 0 amide bonds. The predicted molar refractivity (Wildman–Crippen MR) is 116 cm³/mol. The van der Waals surface area contributed by atoms with Crippen molar-refractivity contribution in [1.29, 1.82) is 0 Å². The average Bonchev–Trinajstić information content (AvgIpc) is 3.46. The van der Waals surface area contributed by atoms with Crippen LogP contribution in [-0.2, 0) is 13.0 Å². The van der Waals surface area contributed by atoms with Crippen LogP contribution >= 0.6 is 11.8 Å². The van der Waals surface area contributed by atoms with Crippen molar-refractivity contribution in [2.45, 2.75) is 18.1 Å². The maximum absolute atomic E-state index is 12.6. The molecule has 0 spiro atoms. The van der Waals surface area contributed by atoms with Crippen molar-refractivity contribution in [2.24, 2.45) is 0 Å². The first-order chi connectivity index (χ1) is 14.7. The highest BCUT2D eigenvalue weighted by molar-refractivity contribution is 7.99. The molecule has 0 aliphatic carbocycles. The van der Waals surface area contributed by atoms with Crippen LogP contribution in [0.1, 0.15) is 15.9 Å². The summed E-state index contributed by atoms with van der Waals surface area (Å²) in [5.41, 5.74) is 1.87. The third-order valence-corrected chi connectivity index (χ3v) is 5.64. The van der Waals surface area contributed by atoms with Gasteiger partial charge in [-0.15, -0.1) is 10.2 Å². The molecule has 0 fully saturated rings. The quantitative estimate of drug-likeness (QED) is 0.288. The van der Waals surface area contributed by atoms with Crippen molar-refractivity contribution in [3.63, 3.8) is 0 Å². The standard InChI is InChI=1S/C23H21N3O3S/c1-28-19-11-9-18(10-12-19)20(27)16-30-23-25-24-22(21-8-5-15-29-21)26(23)14-13-17-6-3-2-4-7-17/h2-12,15H,13-14,16H2,1H3. The molecule has 0 saturated heterocycles. The number of aromatic nitrogens is 3. The summed E-state index contributed by atoms with van der Waals surface area (Å²) in [6.45, 7) is 0.687. The summed E-state index contributed by atoms with van der Waals surface area (Å²) >= 11 is 1.38. The number of benzene rings is 2. The van der Waals surface area contributed by atoms with E-state index in [0.29, 0.717) is 28.8 Å². The summed E-state index contributed by atoms with van der Waals surface area (Å²) in [5, 5.41) is 9.33. The first kappa shape index (κ1) is 20.0. The summed E-state index contributed by atoms with van der Waals surface area (Å²) in [6.07, 6.45) is 2.44. The molecule has 30 heavy (non-hydrogen) atoms. The number of carbonyl (C=O) groups is 1. The van der Waals surface area contributed by atoms with Gasteiger partial charge in [0.1, 0.15) is 5.75 Å². The third kappa shape index (κ3) is 4.63. The van der Waals surface area contributed by atoms with Crippen LogP contribution in [0.25, 0.3) is 11.6 Å². The lowest BCUT2D eigenvalue weighted by atomic mass is 10.1. The molecular weight excluding hydrogens is 398 g/mol. The number of thioether (sulfide) groups is 1. The summed E-state index contributed by atoms with van der Waals surface area (Å²) in [4.78, 5) is 12.6. The molecule has 152 valence electrons. The van der Waals surface area contributed by atoms with E-state index in [2.05, 4.69) is 22.3 Å². The number of carbonyl (C=O) groups excluding carboxylic acids is 1. The van der Waals surface area contributed by atoms with Gasteiger partial charge in [0.25, 0.3) is 0 Å².